The molecule has 0 aromatic heterocycles. The lowest BCUT2D eigenvalue weighted by Crippen LogP contribution is -2.14. The van der Waals surface area contributed by atoms with Gasteiger partial charge in [-0.1, -0.05) is 0 Å². The van der Waals surface area contributed by atoms with Crippen molar-refractivity contribution in [2.24, 2.45) is 11.8 Å². The fraction of sp³-hybridized carbons (Fsp3) is 0.778. The highest BCUT2D eigenvalue weighted by molar-refractivity contribution is 7.58. The number of rotatable bonds is 7. The molecule has 92 valence electrons. The highest BCUT2D eigenvalue weighted by Crippen LogP contribution is 2.56. The maximum absolute atomic E-state index is 11.6. The molecule has 1 aliphatic rings. The summed E-state index contributed by atoms with van der Waals surface area (Å²) in [7, 11) is -3.75. The van der Waals surface area contributed by atoms with E-state index >= 15 is 0 Å². The Morgan fingerprint density at radius 3 is 2.62 bits per heavy atom. The SMILES string of the molecule is O=CC1CC1C(O)P(=O)(O)CCCC(=O)O. The van der Waals surface area contributed by atoms with Gasteiger partial charge in [0.15, 0.2) is 0 Å². The minimum atomic E-state index is -3.75. The monoisotopic (exact) mass is 250 g/mol. The Labute approximate surface area is 92.7 Å². The zero-order valence-corrected chi connectivity index (χ0v) is 9.55. The van der Waals surface area contributed by atoms with Crippen LogP contribution in [-0.4, -0.2) is 39.4 Å². The number of carbonyl (C=O) groups excluding carboxylic acids is 1. The van der Waals surface area contributed by atoms with Crippen LogP contribution in [0, 0.1) is 11.8 Å². The Bertz CT molecular complexity index is 328. The number of carboxylic acid groups (broad SMARTS) is 1. The van der Waals surface area contributed by atoms with E-state index in [0.717, 1.165) is 0 Å². The van der Waals surface area contributed by atoms with Crippen molar-refractivity contribution in [1.29, 1.82) is 0 Å². The summed E-state index contributed by atoms with van der Waals surface area (Å²) in [6.07, 6.45) is 0.750. The van der Waals surface area contributed by atoms with Crippen LogP contribution < -0.4 is 0 Å². The molecule has 0 heterocycles. The molecular formula is C9H15O6P. The minimum Gasteiger partial charge on any atom is -0.481 e. The summed E-state index contributed by atoms with van der Waals surface area (Å²) < 4.78 is 11.6. The number of carboxylic acids is 1. The summed E-state index contributed by atoms with van der Waals surface area (Å²) >= 11 is 0. The summed E-state index contributed by atoms with van der Waals surface area (Å²) in [5, 5.41) is 17.9. The van der Waals surface area contributed by atoms with Gasteiger partial charge in [-0.2, -0.15) is 0 Å². The molecular weight excluding hydrogens is 235 g/mol. The lowest BCUT2D eigenvalue weighted by molar-refractivity contribution is -0.137. The van der Waals surface area contributed by atoms with E-state index in [9.17, 15) is 24.2 Å². The van der Waals surface area contributed by atoms with Gasteiger partial charge in [-0.05, 0) is 12.8 Å². The number of carbonyl (C=O) groups is 2. The van der Waals surface area contributed by atoms with E-state index < -0.39 is 25.1 Å². The van der Waals surface area contributed by atoms with Crippen LogP contribution in [0.25, 0.3) is 0 Å². The van der Waals surface area contributed by atoms with Crippen molar-refractivity contribution in [3.05, 3.63) is 0 Å². The predicted octanol–water partition coefficient (Wildman–Crippen LogP) is 0.275. The standard InChI is InChI=1S/C9H15O6P/c10-5-6-4-7(6)9(13)16(14,15)3-1-2-8(11)12/h5-7,9,13H,1-4H2,(H,11,12)(H,14,15). The number of aliphatic hydroxyl groups is 1. The fourth-order valence-corrected chi connectivity index (χ4v) is 3.44. The van der Waals surface area contributed by atoms with Crippen molar-refractivity contribution in [2.45, 2.75) is 25.1 Å². The molecule has 0 radical (unpaired) electrons. The number of aliphatic carboxylic acids is 1. The lowest BCUT2D eigenvalue weighted by atomic mass is 10.3. The van der Waals surface area contributed by atoms with E-state index in [4.69, 9.17) is 5.11 Å². The van der Waals surface area contributed by atoms with E-state index in [1.165, 1.54) is 0 Å². The molecule has 0 saturated heterocycles. The van der Waals surface area contributed by atoms with Gasteiger partial charge in [-0.25, -0.2) is 0 Å². The van der Waals surface area contributed by atoms with Crippen molar-refractivity contribution < 1.29 is 29.3 Å². The van der Waals surface area contributed by atoms with Crippen molar-refractivity contribution >= 4 is 19.6 Å². The smallest absolute Gasteiger partial charge is 0.303 e. The predicted molar refractivity (Wildman–Crippen MR) is 55.2 cm³/mol. The van der Waals surface area contributed by atoms with Gasteiger partial charge >= 0.3 is 5.97 Å². The molecule has 0 aliphatic heterocycles. The van der Waals surface area contributed by atoms with Crippen molar-refractivity contribution in [3.63, 3.8) is 0 Å². The quantitative estimate of drug-likeness (QED) is 0.442. The molecule has 0 spiro atoms. The molecule has 1 fully saturated rings. The first-order chi connectivity index (χ1) is 7.38. The average Bonchev–Trinajstić information content (AvgIpc) is 2.94. The largest absolute Gasteiger partial charge is 0.481 e. The van der Waals surface area contributed by atoms with Crippen LogP contribution in [0.15, 0.2) is 0 Å². The van der Waals surface area contributed by atoms with Gasteiger partial charge < -0.3 is 19.9 Å². The van der Waals surface area contributed by atoms with E-state index in [1.807, 2.05) is 0 Å². The second-order valence-corrected chi connectivity index (χ2v) is 6.58. The third kappa shape index (κ3) is 3.40. The second kappa shape index (κ2) is 5.08. The number of aldehydes is 1. The number of aliphatic hydroxyl groups excluding tert-OH is 1. The van der Waals surface area contributed by atoms with E-state index in [2.05, 4.69) is 0 Å². The van der Waals surface area contributed by atoms with Crippen LogP contribution in [0.1, 0.15) is 19.3 Å². The maximum atomic E-state index is 11.6. The van der Waals surface area contributed by atoms with Gasteiger partial charge in [0.25, 0.3) is 0 Å². The van der Waals surface area contributed by atoms with Crippen LogP contribution >= 0.6 is 7.37 Å². The Hall–Kier alpha value is -0.710. The molecule has 1 saturated carbocycles. The first kappa shape index (κ1) is 13.4. The molecule has 7 heteroatoms. The molecule has 0 aromatic carbocycles. The summed E-state index contributed by atoms with van der Waals surface area (Å²) in [4.78, 5) is 30.1. The molecule has 0 aromatic rings. The molecule has 1 rings (SSSR count). The first-order valence-corrected chi connectivity index (χ1v) is 6.96. The summed E-state index contributed by atoms with van der Waals surface area (Å²) in [5.41, 5.74) is 0. The van der Waals surface area contributed by atoms with Gasteiger partial charge in [-0.3, -0.25) is 9.36 Å². The van der Waals surface area contributed by atoms with Crippen LogP contribution in [0.3, 0.4) is 0 Å². The molecule has 6 nitrogen and oxygen atoms in total. The van der Waals surface area contributed by atoms with Crippen LogP contribution in [0.4, 0.5) is 0 Å². The average molecular weight is 250 g/mol. The van der Waals surface area contributed by atoms with Gasteiger partial charge in [0.05, 0.1) is 0 Å². The normalized spacial score (nSPS) is 29.1. The summed E-state index contributed by atoms with van der Waals surface area (Å²) in [6.45, 7) is 0. The van der Waals surface area contributed by atoms with E-state index in [0.29, 0.717) is 12.7 Å². The Balaban J connectivity index is 2.41. The second-order valence-electron chi connectivity index (χ2n) is 4.09. The van der Waals surface area contributed by atoms with Crippen LogP contribution in [0.5, 0.6) is 0 Å². The minimum absolute atomic E-state index is 0.0542. The van der Waals surface area contributed by atoms with Crippen molar-refractivity contribution in [2.75, 3.05) is 6.16 Å². The fourth-order valence-electron chi connectivity index (χ4n) is 1.62. The van der Waals surface area contributed by atoms with Gasteiger partial charge in [0.1, 0.15) is 12.1 Å². The molecule has 4 atom stereocenters. The van der Waals surface area contributed by atoms with Crippen molar-refractivity contribution in [3.8, 4) is 0 Å². The molecule has 3 N–H and O–H groups in total. The maximum Gasteiger partial charge on any atom is 0.303 e. The molecule has 4 unspecified atom stereocenters. The lowest BCUT2D eigenvalue weighted by Gasteiger charge is -2.17. The molecule has 16 heavy (non-hydrogen) atoms. The van der Waals surface area contributed by atoms with Gasteiger partial charge in [0.2, 0.25) is 7.37 Å². The van der Waals surface area contributed by atoms with Gasteiger partial charge in [-0.15, -0.1) is 0 Å². The summed E-state index contributed by atoms with van der Waals surface area (Å²) in [5.74, 6) is -3.18. The Morgan fingerprint density at radius 2 is 2.19 bits per heavy atom. The third-order valence-corrected chi connectivity index (χ3v) is 4.90. The Kier molecular flexibility index (Phi) is 4.24. The van der Waals surface area contributed by atoms with E-state index in [1.54, 1.807) is 0 Å². The molecule has 0 bridgehead atoms. The zero-order valence-electron chi connectivity index (χ0n) is 8.65. The topological polar surface area (TPSA) is 112 Å². The third-order valence-electron chi connectivity index (χ3n) is 2.73. The van der Waals surface area contributed by atoms with Crippen LogP contribution in [0.2, 0.25) is 0 Å². The zero-order chi connectivity index (χ0) is 12.3. The van der Waals surface area contributed by atoms with Crippen LogP contribution in [-0.2, 0) is 14.2 Å². The highest BCUT2D eigenvalue weighted by atomic mass is 31.2. The Morgan fingerprint density at radius 1 is 1.56 bits per heavy atom. The number of hydrogen-bond donors (Lipinski definition) is 3. The highest BCUT2D eigenvalue weighted by Gasteiger charge is 2.49. The summed E-state index contributed by atoms with van der Waals surface area (Å²) in [6, 6.07) is 0. The van der Waals surface area contributed by atoms with Gasteiger partial charge in [0, 0.05) is 24.4 Å². The first-order valence-electron chi connectivity index (χ1n) is 5.05. The molecule has 0 amide bonds. The van der Waals surface area contributed by atoms with Crippen molar-refractivity contribution in [1.82, 2.24) is 0 Å². The molecule has 1 aliphatic carbocycles. The number of hydrogen-bond acceptors (Lipinski definition) is 4. The van der Waals surface area contributed by atoms with E-state index in [-0.39, 0.29) is 24.9 Å².